The number of hydrogen-bond donors (Lipinski definition) is 0. The summed E-state index contributed by atoms with van der Waals surface area (Å²) in [6, 6.07) is 15.4. The van der Waals surface area contributed by atoms with Gasteiger partial charge in [0.1, 0.15) is 12.3 Å². The number of ether oxygens (including phenoxy) is 2. The van der Waals surface area contributed by atoms with Gasteiger partial charge in [-0.2, -0.15) is 4.99 Å². The van der Waals surface area contributed by atoms with E-state index in [9.17, 15) is 9.59 Å². The van der Waals surface area contributed by atoms with Crippen LogP contribution in [0.1, 0.15) is 6.42 Å². The molecule has 0 unspecified atom stereocenters. The molecular weight excluding hydrogens is 396 g/mol. The predicted octanol–water partition coefficient (Wildman–Crippen LogP) is 3.49. The Balaban J connectivity index is 1.83. The van der Waals surface area contributed by atoms with Crippen molar-refractivity contribution in [3.8, 4) is 5.75 Å². The molecular formula is C20H20N2O4S2. The summed E-state index contributed by atoms with van der Waals surface area (Å²) in [4.78, 5) is 30.0. The third-order valence-electron chi connectivity index (χ3n) is 3.95. The molecule has 0 fully saturated rings. The first-order chi connectivity index (χ1) is 13.6. The molecule has 0 aliphatic carbocycles. The smallest absolute Gasteiger partial charge is 0.325 e. The summed E-state index contributed by atoms with van der Waals surface area (Å²) in [5, 5.41) is 0. The second-order valence-electron chi connectivity index (χ2n) is 5.80. The number of hydrogen-bond acceptors (Lipinski definition) is 6. The number of rotatable bonds is 7. The molecule has 6 nitrogen and oxygen atoms in total. The highest BCUT2D eigenvalue weighted by Crippen LogP contribution is 2.23. The van der Waals surface area contributed by atoms with Crippen LogP contribution in [0.25, 0.3) is 10.2 Å². The first-order valence-electron chi connectivity index (χ1n) is 8.60. The van der Waals surface area contributed by atoms with Crippen molar-refractivity contribution < 1.29 is 19.1 Å². The zero-order valence-corrected chi connectivity index (χ0v) is 17.2. The van der Waals surface area contributed by atoms with E-state index in [2.05, 4.69) is 4.99 Å². The molecule has 0 saturated carbocycles. The average Bonchev–Trinajstić information content (AvgIpc) is 3.04. The summed E-state index contributed by atoms with van der Waals surface area (Å²) in [6.45, 7) is -0.00624. The van der Waals surface area contributed by atoms with Gasteiger partial charge >= 0.3 is 5.97 Å². The van der Waals surface area contributed by atoms with E-state index in [-0.39, 0.29) is 12.5 Å². The lowest BCUT2D eigenvalue weighted by Crippen LogP contribution is -2.22. The number of aromatic nitrogens is 1. The van der Waals surface area contributed by atoms with E-state index in [4.69, 9.17) is 9.47 Å². The lowest BCUT2D eigenvalue weighted by molar-refractivity contribution is -0.141. The fourth-order valence-electron chi connectivity index (χ4n) is 2.55. The highest BCUT2D eigenvalue weighted by molar-refractivity contribution is 7.99. The van der Waals surface area contributed by atoms with E-state index in [1.807, 2.05) is 48.5 Å². The van der Waals surface area contributed by atoms with Gasteiger partial charge in [-0.05, 0) is 30.3 Å². The van der Waals surface area contributed by atoms with Crippen LogP contribution >= 0.6 is 23.1 Å². The summed E-state index contributed by atoms with van der Waals surface area (Å²) in [5.41, 5.74) is 0.807. The van der Waals surface area contributed by atoms with Crippen LogP contribution in [0.5, 0.6) is 5.75 Å². The van der Waals surface area contributed by atoms with Crippen molar-refractivity contribution in [1.29, 1.82) is 0 Å². The highest BCUT2D eigenvalue weighted by Gasteiger charge is 2.12. The van der Waals surface area contributed by atoms with E-state index >= 15 is 0 Å². The predicted molar refractivity (Wildman–Crippen MR) is 111 cm³/mol. The van der Waals surface area contributed by atoms with Crippen molar-refractivity contribution in [3.05, 3.63) is 53.3 Å². The average molecular weight is 417 g/mol. The van der Waals surface area contributed by atoms with Crippen molar-refractivity contribution in [1.82, 2.24) is 4.57 Å². The van der Waals surface area contributed by atoms with E-state index in [0.29, 0.717) is 22.7 Å². The Morgan fingerprint density at radius 2 is 1.93 bits per heavy atom. The minimum absolute atomic E-state index is 0.00624. The maximum absolute atomic E-state index is 12.4. The number of amides is 1. The normalized spacial score (nSPS) is 11.6. The van der Waals surface area contributed by atoms with Gasteiger partial charge in [0.15, 0.2) is 4.80 Å². The first-order valence-corrected chi connectivity index (χ1v) is 10.4. The SMILES string of the molecule is COC(=O)Cn1c(=NC(=O)CCSc2ccccc2)sc2cc(OC)ccc21. The Kier molecular flexibility index (Phi) is 6.89. The molecule has 0 N–H and O–H groups in total. The van der Waals surface area contributed by atoms with E-state index < -0.39 is 5.97 Å². The third kappa shape index (κ3) is 5.02. The highest BCUT2D eigenvalue weighted by atomic mass is 32.2. The zero-order chi connectivity index (χ0) is 19.9. The number of nitrogens with zero attached hydrogens (tertiary/aromatic N) is 2. The number of thioether (sulfide) groups is 1. The fourth-order valence-corrected chi connectivity index (χ4v) is 4.48. The maximum Gasteiger partial charge on any atom is 0.325 e. The Hall–Kier alpha value is -2.58. The molecule has 3 rings (SSSR count). The molecule has 1 aromatic heterocycles. The lowest BCUT2D eigenvalue weighted by atomic mass is 10.3. The zero-order valence-electron chi connectivity index (χ0n) is 15.6. The third-order valence-corrected chi connectivity index (χ3v) is 6.01. The quantitative estimate of drug-likeness (QED) is 0.436. The Morgan fingerprint density at radius 3 is 2.64 bits per heavy atom. The summed E-state index contributed by atoms with van der Waals surface area (Å²) in [7, 11) is 2.93. The van der Waals surface area contributed by atoms with Crippen LogP contribution in [0.15, 0.2) is 58.4 Å². The summed E-state index contributed by atoms with van der Waals surface area (Å²) >= 11 is 2.96. The van der Waals surface area contributed by atoms with Crippen LogP contribution in [0.4, 0.5) is 0 Å². The summed E-state index contributed by atoms with van der Waals surface area (Å²) < 4.78 is 12.6. The van der Waals surface area contributed by atoms with Gasteiger partial charge in [0, 0.05) is 17.1 Å². The topological polar surface area (TPSA) is 69.9 Å². The monoisotopic (exact) mass is 416 g/mol. The molecule has 0 aliphatic rings. The molecule has 0 spiro atoms. The van der Waals surface area contributed by atoms with Gasteiger partial charge < -0.3 is 14.0 Å². The molecule has 8 heteroatoms. The molecule has 3 aromatic rings. The van der Waals surface area contributed by atoms with Gasteiger partial charge in [0.2, 0.25) is 5.91 Å². The Bertz CT molecular complexity index is 1040. The van der Waals surface area contributed by atoms with Crippen molar-refractivity contribution in [3.63, 3.8) is 0 Å². The van der Waals surface area contributed by atoms with Crippen LogP contribution in [0, 0.1) is 0 Å². The second-order valence-corrected chi connectivity index (χ2v) is 7.98. The van der Waals surface area contributed by atoms with E-state index in [1.54, 1.807) is 23.4 Å². The number of benzene rings is 2. The van der Waals surface area contributed by atoms with Gasteiger partial charge in [0.05, 0.1) is 24.4 Å². The molecule has 0 radical (unpaired) electrons. The van der Waals surface area contributed by atoms with Crippen LogP contribution in [0.3, 0.4) is 0 Å². The molecule has 0 atom stereocenters. The number of carbonyl (C=O) groups excluding carboxylic acids is 2. The van der Waals surface area contributed by atoms with Gasteiger partial charge in [-0.15, -0.1) is 11.8 Å². The molecule has 146 valence electrons. The van der Waals surface area contributed by atoms with Crippen LogP contribution in [0.2, 0.25) is 0 Å². The number of esters is 1. The molecule has 1 amide bonds. The standard InChI is InChI=1S/C20H20N2O4S2/c1-25-14-8-9-16-17(12-14)28-20(22(16)13-19(24)26-2)21-18(23)10-11-27-15-6-4-3-5-7-15/h3-9,12H,10-11,13H2,1-2H3. The van der Waals surface area contributed by atoms with Crippen molar-refractivity contribution >= 4 is 45.2 Å². The maximum atomic E-state index is 12.4. The fraction of sp³-hybridized carbons (Fsp3) is 0.250. The first kappa shape index (κ1) is 20.2. The summed E-state index contributed by atoms with van der Waals surface area (Å²) in [6.07, 6.45) is 0.315. The summed E-state index contributed by atoms with van der Waals surface area (Å²) in [5.74, 6) is 0.725. The van der Waals surface area contributed by atoms with E-state index in [1.165, 1.54) is 18.4 Å². The minimum atomic E-state index is -0.399. The molecule has 0 bridgehead atoms. The number of fused-ring (bicyclic) bond motifs is 1. The largest absolute Gasteiger partial charge is 0.497 e. The van der Waals surface area contributed by atoms with Crippen LogP contribution in [-0.4, -0.2) is 36.4 Å². The number of carbonyl (C=O) groups is 2. The molecule has 0 saturated heterocycles. The van der Waals surface area contributed by atoms with Gasteiger partial charge in [0.25, 0.3) is 0 Å². The minimum Gasteiger partial charge on any atom is -0.497 e. The number of methoxy groups -OCH3 is 2. The van der Waals surface area contributed by atoms with E-state index in [0.717, 1.165) is 15.1 Å². The Morgan fingerprint density at radius 1 is 1.14 bits per heavy atom. The molecule has 28 heavy (non-hydrogen) atoms. The van der Waals surface area contributed by atoms with Gasteiger partial charge in [-0.1, -0.05) is 29.5 Å². The second kappa shape index (κ2) is 9.57. The molecule has 0 aliphatic heterocycles. The van der Waals surface area contributed by atoms with Crippen molar-refractivity contribution in [2.75, 3.05) is 20.0 Å². The van der Waals surface area contributed by atoms with Crippen LogP contribution < -0.4 is 9.54 Å². The lowest BCUT2D eigenvalue weighted by Gasteiger charge is -2.04. The molecule has 1 heterocycles. The van der Waals surface area contributed by atoms with Gasteiger partial charge in [-0.3, -0.25) is 9.59 Å². The number of thiazole rings is 1. The van der Waals surface area contributed by atoms with Gasteiger partial charge in [-0.25, -0.2) is 0 Å². The van der Waals surface area contributed by atoms with Crippen LogP contribution in [-0.2, 0) is 20.9 Å². The van der Waals surface area contributed by atoms with Crippen molar-refractivity contribution in [2.24, 2.45) is 4.99 Å². The van der Waals surface area contributed by atoms with Crippen molar-refractivity contribution in [2.45, 2.75) is 17.9 Å². The Labute approximate surface area is 170 Å². The molecule has 2 aromatic carbocycles.